The van der Waals surface area contributed by atoms with E-state index in [1.807, 2.05) is 19.1 Å². The van der Waals surface area contributed by atoms with Crippen molar-refractivity contribution >= 4 is 6.21 Å². The lowest BCUT2D eigenvalue weighted by molar-refractivity contribution is 0.160. The fourth-order valence-corrected chi connectivity index (χ4v) is 0.869. The first-order chi connectivity index (χ1) is 6.79. The van der Waals surface area contributed by atoms with Crippen LogP contribution in [0.1, 0.15) is 6.92 Å². The minimum absolute atomic E-state index is 0.715. The van der Waals surface area contributed by atoms with E-state index in [1.54, 1.807) is 37.5 Å². The summed E-state index contributed by atoms with van der Waals surface area (Å²) >= 11 is 0. The van der Waals surface area contributed by atoms with E-state index in [4.69, 9.17) is 10.1 Å². The number of rotatable bonds is 6. The highest BCUT2D eigenvalue weighted by Crippen LogP contribution is 2.01. The van der Waals surface area contributed by atoms with Gasteiger partial charge >= 0.3 is 0 Å². The van der Waals surface area contributed by atoms with Gasteiger partial charge in [0.05, 0.1) is 7.11 Å². The number of hydrogen-bond acceptors (Lipinski definition) is 4. The van der Waals surface area contributed by atoms with Crippen LogP contribution in [0, 0.1) is 5.41 Å². The van der Waals surface area contributed by atoms with Crippen molar-refractivity contribution in [1.82, 2.24) is 10.4 Å². The quantitative estimate of drug-likeness (QED) is 0.293. The van der Waals surface area contributed by atoms with Crippen LogP contribution in [-0.2, 0) is 4.74 Å². The maximum absolute atomic E-state index is 6.78. The molecule has 0 saturated carbocycles. The van der Waals surface area contributed by atoms with Gasteiger partial charge in [0.25, 0.3) is 0 Å². The Morgan fingerprint density at radius 2 is 2.07 bits per heavy atom. The molecule has 0 aromatic heterocycles. The van der Waals surface area contributed by atoms with Crippen LogP contribution in [0.4, 0.5) is 0 Å². The summed E-state index contributed by atoms with van der Waals surface area (Å²) in [6.07, 6.45) is 10.1. The molecule has 4 heteroatoms. The predicted molar refractivity (Wildman–Crippen MR) is 58.7 cm³/mol. The van der Waals surface area contributed by atoms with Crippen LogP contribution in [-0.4, -0.2) is 25.4 Å². The van der Waals surface area contributed by atoms with E-state index in [0.29, 0.717) is 5.88 Å². The molecule has 0 radical (unpaired) electrons. The van der Waals surface area contributed by atoms with Crippen molar-refractivity contribution < 1.29 is 4.74 Å². The van der Waals surface area contributed by atoms with E-state index < -0.39 is 0 Å². The molecule has 0 aliphatic heterocycles. The normalized spacial score (nSPS) is 12.4. The molecule has 14 heavy (non-hydrogen) atoms. The van der Waals surface area contributed by atoms with Gasteiger partial charge in [-0.25, -0.2) is 5.43 Å². The van der Waals surface area contributed by atoms with Gasteiger partial charge in [0.2, 0.25) is 5.88 Å². The molecule has 78 valence electrons. The minimum atomic E-state index is 0.715. The van der Waals surface area contributed by atoms with Crippen LogP contribution < -0.4 is 5.43 Å². The van der Waals surface area contributed by atoms with Gasteiger partial charge in [0.1, 0.15) is 0 Å². The molecule has 0 aromatic rings. The van der Waals surface area contributed by atoms with Crippen LogP contribution in [0.5, 0.6) is 0 Å². The first kappa shape index (κ1) is 12.4. The number of ether oxygens (including phenoxy) is 1. The highest BCUT2D eigenvalue weighted by molar-refractivity contribution is 5.68. The predicted octanol–water partition coefficient (Wildman–Crippen LogP) is 1.65. The van der Waals surface area contributed by atoms with Gasteiger partial charge in [-0.15, -0.1) is 0 Å². The van der Waals surface area contributed by atoms with Gasteiger partial charge in [-0.05, 0) is 25.2 Å². The second-order valence-electron chi connectivity index (χ2n) is 2.32. The lowest BCUT2D eigenvalue weighted by atomic mass is 10.5. The van der Waals surface area contributed by atoms with Gasteiger partial charge in [-0.2, -0.15) is 0 Å². The second-order valence-corrected chi connectivity index (χ2v) is 2.32. The highest BCUT2D eigenvalue weighted by Gasteiger charge is 2.00. The van der Waals surface area contributed by atoms with Gasteiger partial charge in [0.15, 0.2) is 0 Å². The average Bonchev–Trinajstić information content (AvgIpc) is 2.23. The summed E-state index contributed by atoms with van der Waals surface area (Å²) in [5.41, 5.74) is 2.94. The lowest BCUT2D eigenvalue weighted by Gasteiger charge is -2.19. The zero-order chi connectivity index (χ0) is 10.8. The zero-order valence-electron chi connectivity index (χ0n) is 8.82. The lowest BCUT2D eigenvalue weighted by Crippen LogP contribution is -2.29. The summed E-state index contributed by atoms with van der Waals surface area (Å²) in [7, 11) is 3.41. The van der Waals surface area contributed by atoms with Crippen molar-refractivity contribution in [2.24, 2.45) is 0 Å². The Bertz CT molecular complexity index is 244. The number of nitrogens with one attached hydrogen (secondary N) is 2. The molecule has 0 rings (SSSR count). The summed E-state index contributed by atoms with van der Waals surface area (Å²) in [5.74, 6) is 0.715. The van der Waals surface area contributed by atoms with Crippen LogP contribution in [0.15, 0.2) is 36.4 Å². The first-order valence-corrected chi connectivity index (χ1v) is 4.31. The number of nitrogens with zero attached hydrogens (tertiary/aromatic N) is 1. The smallest absolute Gasteiger partial charge is 0.203 e. The Hall–Kier alpha value is -1.55. The van der Waals surface area contributed by atoms with Gasteiger partial charge in [-0.1, -0.05) is 6.08 Å². The molecule has 0 spiro atoms. The van der Waals surface area contributed by atoms with Gasteiger partial charge in [-0.3, -0.25) is 5.01 Å². The topological polar surface area (TPSA) is 48.4 Å². The van der Waals surface area contributed by atoms with Gasteiger partial charge < -0.3 is 10.1 Å². The van der Waals surface area contributed by atoms with E-state index in [0.717, 1.165) is 0 Å². The number of methoxy groups -OCH3 is 1. The molecule has 0 heterocycles. The van der Waals surface area contributed by atoms with Crippen molar-refractivity contribution in [3.63, 3.8) is 0 Å². The van der Waals surface area contributed by atoms with Crippen LogP contribution in [0.2, 0.25) is 0 Å². The number of allylic oxidation sites excluding steroid dienone is 4. The largest absolute Gasteiger partial charge is 0.481 e. The Balaban J connectivity index is 4.34. The van der Waals surface area contributed by atoms with Crippen LogP contribution in [0.25, 0.3) is 0 Å². The van der Waals surface area contributed by atoms with E-state index in [9.17, 15) is 0 Å². The Morgan fingerprint density at radius 1 is 1.36 bits per heavy atom. The van der Waals surface area contributed by atoms with E-state index in [2.05, 4.69) is 5.43 Å². The molecule has 0 fully saturated rings. The van der Waals surface area contributed by atoms with E-state index >= 15 is 0 Å². The SMILES string of the molecule is C/C=C(/OC)N(/C=C/C=C\C=N)NC. The third-order valence-electron chi connectivity index (χ3n) is 1.49. The van der Waals surface area contributed by atoms with Crippen molar-refractivity contribution in [2.45, 2.75) is 6.92 Å². The number of hydrogen-bond donors (Lipinski definition) is 2. The monoisotopic (exact) mass is 195 g/mol. The van der Waals surface area contributed by atoms with Crippen molar-refractivity contribution in [3.8, 4) is 0 Å². The molecule has 0 amide bonds. The maximum atomic E-state index is 6.78. The van der Waals surface area contributed by atoms with Gasteiger partial charge in [0, 0.05) is 19.5 Å². The standard InChI is InChI=1S/C10H17N3O/c1-4-10(14-3)13(12-2)9-7-5-6-8-11/h4-9,11-12H,1-3H3/b6-5-,9-7+,10-4+,11-8?. The molecular weight excluding hydrogens is 178 g/mol. The van der Waals surface area contributed by atoms with Crippen molar-refractivity contribution in [3.05, 3.63) is 36.4 Å². The molecule has 0 bridgehead atoms. The Morgan fingerprint density at radius 3 is 2.50 bits per heavy atom. The van der Waals surface area contributed by atoms with E-state index in [-0.39, 0.29) is 0 Å². The molecule has 0 aliphatic rings. The third kappa shape index (κ3) is 4.47. The highest BCUT2D eigenvalue weighted by atomic mass is 16.5. The molecule has 0 aromatic carbocycles. The van der Waals surface area contributed by atoms with Crippen LogP contribution in [0.3, 0.4) is 0 Å². The Labute approximate surface area is 85.0 Å². The number of hydrazine groups is 1. The fourth-order valence-electron chi connectivity index (χ4n) is 0.869. The Kier molecular flexibility index (Phi) is 7.17. The molecule has 0 unspecified atom stereocenters. The summed E-state index contributed by atoms with van der Waals surface area (Å²) in [6.45, 7) is 1.89. The molecule has 0 saturated heterocycles. The molecule has 4 nitrogen and oxygen atoms in total. The third-order valence-corrected chi connectivity index (χ3v) is 1.49. The summed E-state index contributed by atoms with van der Waals surface area (Å²) in [4.78, 5) is 0. The average molecular weight is 195 g/mol. The van der Waals surface area contributed by atoms with Crippen molar-refractivity contribution in [2.75, 3.05) is 14.2 Å². The fraction of sp³-hybridized carbons (Fsp3) is 0.300. The molecule has 0 aliphatic carbocycles. The summed E-state index contributed by atoms with van der Waals surface area (Å²) < 4.78 is 5.11. The summed E-state index contributed by atoms with van der Waals surface area (Å²) in [6, 6.07) is 0. The van der Waals surface area contributed by atoms with Crippen LogP contribution >= 0.6 is 0 Å². The molecular formula is C10H17N3O. The maximum Gasteiger partial charge on any atom is 0.203 e. The summed E-state index contributed by atoms with van der Waals surface area (Å²) in [5, 5.41) is 8.51. The molecule has 2 N–H and O–H groups in total. The second kappa shape index (κ2) is 8.07. The van der Waals surface area contributed by atoms with E-state index in [1.165, 1.54) is 6.21 Å². The minimum Gasteiger partial charge on any atom is -0.481 e. The first-order valence-electron chi connectivity index (χ1n) is 4.31. The molecule has 0 atom stereocenters. The van der Waals surface area contributed by atoms with Crippen molar-refractivity contribution in [1.29, 1.82) is 5.41 Å². The zero-order valence-corrected chi connectivity index (χ0v) is 8.82.